The van der Waals surface area contributed by atoms with E-state index >= 15 is 0 Å². The van der Waals surface area contributed by atoms with Gasteiger partial charge in [0, 0.05) is 18.0 Å². The van der Waals surface area contributed by atoms with Crippen LogP contribution < -0.4 is 10.1 Å². The number of anilines is 1. The second kappa shape index (κ2) is 10.2. The number of amides is 1. The lowest BCUT2D eigenvalue weighted by atomic mass is 10.1. The van der Waals surface area contributed by atoms with Gasteiger partial charge in [-0.05, 0) is 44.0 Å². The van der Waals surface area contributed by atoms with Gasteiger partial charge in [0.1, 0.15) is 5.75 Å². The van der Waals surface area contributed by atoms with E-state index in [-0.39, 0.29) is 17.8 Å². The molecule has 170 valence electrons. The summed E-state index contributed by atoms with van der Waals surface area (Å²) >= 11 is 2.73. The van der Waals surface area contributed by atoms with Crippen LogP contribution in [-0.2, 0) is 11.8 Å². The van der Waals surface area contributed by atoms with Gasteiger partial charge in [0.2, 0.25) is 5.91 Å². The predicted molar refractivity (Wildman–Crippen MR) is 133 cm³/mol. The molecule has 0 spiro atoms. The van der Waals surface area contributed by atoms with E-state index in [1.807, 2.05) is 80.2 Å². The first kappa shape index (κ1) is 23.0. The molecule has 2 aromatic heterocycles. The molecule has 0 aliphatic carbocycles. The molecule has 0 bridgehead atoms. The van der Waals surface area contributed by atoms with Crippen molar-refractivity contribution in [3.8, 4) is 17.0 Å². The van der Waals surface area contributed by atoms with Crippen molar-refractivity contribution >= 4 is 34.1 Å². The van der Waals surface area contributed by atoms with Crippen molar-refractivity contribution in [3.63, 3.8) is 0 Å². The molecule has 2 heterocycles. The zero-order valence-electron chi connectivity index (χ0n) is 18.9. The van der Waals surface area contributed by atoms with Crippen LogP contribution in [0.3, 0.4) is 0 Å². The minimum absolute atomic E-state index is 0.141. The maximum Gasteiger partial charge on any atom is 0.236 e. The summed E-state index contributed by atoms with van der Waals surface area (Å²) in [5, 5.41) is 14.5. The minimum atomic E-state index is -0.279. The van der Waals surface area contributed by atoms with Gasteiger partial charge in [0.25, 0.3) is 0 Å². The second-order valence-electron chi connectivity index (χ2n) is 7.72. The van der Waals surface area contributed by atoms with Gasteiger partial charge in [-0.2, -0.15) is 0 Å². The summed E-state index contributed by atoms with van der Waals surface area (Å²) in [5.74, 6) is 1.57. The lowest BCUT2D eigenvalue weighted by Gasteiger charge is -2.15. The second-order valence-corrected chi connectivity index (χ2v) is 9.52. The van der Waals surface area contributed by atoms with Crippen LogP contribution in [0.5, 0.6) is 5.75 Å². The topological polar surface area (TPSA) is 81.9 Å². The summed E-state index contributed by atoms with van der Waals surface area (Å²) in [6, 6.07) is 16.0. The van der Waals surface area contributed by atoms with Crippen molar-refractivity contribution in [2.45, 2.75) is 32.0 Å². The van der Waals surface area contributed by atoms with Crippen LogP contribution in [0.4, 0.5) is 5.13 Å². The molecule has 0 radical (unpaired) electrons. The van der Waals surface area contributed by atoms with Gasteiger partial charge in [-0.25, -0.2) is 4.98 Å². The number of rotatable bonds is 8. The third-order valence-electron chi connectivity index (χ3n) is 4.89. The molecular formula is C24H25N5O2S2. The zero-order valence-corrected chi connectivity index (χ0v) is 20.5. The Morgan fingerprint density at radius 2 is 1.88 bits per heavy atom. The first-order valence-electron chi connectivity index (χ1n) is 10.5. The van der Waals surface area contributed by atoms with Gasteiger partial charge in [-0.3, -0.25) is 4.79 Å². The van der Waals surface area contributed by atoms with E-state index in [2.05, 4.69) is 26.6 Å². The molecule has 1 atom stereocenters. The van der Waals surface area contributed by atoms with Crippen molar-refractivity contribution in [2.24, 2.45) is 7.05 Å². The average molecular weight is 480 g/mol. The lowest BCUT2D eigenvalue weighted by molar-refractivity contribution is -0.113. The Hall–Kier alpha value is -3.17. The van der Waals surface area contributed by atoms with E-state index in [1.165, 1.54) is 23.1 Å². The summed E-state index contributed by atoms with van der Waals surface area (Å²) in [4.78, 5) is 16.9. The Morgan fingerprint density at radius 3 is 2.61 bits per heavy atom. The molecule has 4 aromatic rings. The molecule has 0 aliphatic rings. The highest BCUT2D eigenvalue weighted by molar-refractivity contribution is 7.99. The number of nitrogens with zero attached hydrogens (tertiary/aromatic N) is 4. The maximum absolute atomic E-state index is 12.4. The molecule has 1 amide bonds. The van der Waals surface area contributed by atoms with Crippen LogP contribution in [-0.4, -0.2) is 31.4 Å². The van der Waals surface area contributed by atoms with Crippen molar-refractivity contribution in [1.29, 1.82) is 0 Å². The van der Waals surface area contributed by atoms with Crippen LogP contribution >= 0.6 is 23.1 Å². The average Bonchev–Trinajstić information content (AvgIpc) is 3.39. The number of hydrogen-bond donors (Lipinski definition) is 1. The molecule has 0 fully saturated rings. The highest BCUT2D eigenvalue weighted by Gasteiger charge is 2.18. The number of benzene rings is 2. The largest absolute Gasteiger partial charge is 0.483 e. The van der Waals surface area contributed by atoms with Crippen molar-refractivity contribution < 1.29 is 9.53 Å². The Balaban J connectivity index is 1.33. The first-order chi connectivity index (χ1) is 15.9. The summed E-state index contributed by atoms with van der Waals surface area (Å²) < 4.78 is 7.94. The first-order valence-corrected chi connectivity index (χ1v) is 12.3. The molecule has 9 heteroatoms. The number of aryl methyl sites for hydroxylation is 2. The smallest absolute Gasteiger partial charge is 0.236 e. The fourth-order valence-electron chi connectivity index (χ4n) is 3.42. The van der Waals surface area contributed by atoms with Crippen LogP contribution in [0, 0.1) is 13.8 Å². The summed E-state index contributed by atoms with van der Waals surface area (Å²) in [6.07, 6.45) is -0.279. The monoisotopic (exact) mass is 479 g/mol. The summed E-state index contributed by atoms with van der Waals surface area (Å²) in [5.41, 5.74) is 4.16. The lowest BCUT2D eigenvalue weighted by Crippen LogP contribution is -2.14. The number of thiazole rings is 1. The van der Waals surface area contributed by atoms with Crippen LogP contribution in [0.25, 0.3) is 11.3 Å². The Labute approximate surface area is 201 Å². The van der Waals surface area contributed by atoms with Crippen LogP contribution in [0.2, 0.25) is 0 Å². The summed E-state index contributed by atoms with van der Waals surface area (Å²) in [6.45, 7) is 6.03. The standard InChI is InChI=1S/C24H25N5O2S2/c1-15-10-16(2)12-19(11-15)31-17(3)22-27-28-24(29(22)4)33-14-21(30)26-23-25-20(13-32-23)18-8-6-5-7-9-18/h5-13,17H,14H2,1-4H3,(H,25,26,30). The van der Waals surface area contributed by atoms with Crippen molar-refractivity contribution in [1.82, 2.24) is 19.7 Å². The summed E-state index contributed by atoms with van der Waals surface area (Å²) in [7, 11) is 1.88. The van der Waals surface area contributed by atoms with Crippen molar-refractivity contribution in [3.05, 3.63) is 70.9 Å². The van der Waals surface area contributed by atoms with E-state index in [9.17, 15) is 4.79 Å². The Morgan fingerprint density at radius 1 is 1.15 bits per heavy atom. The van der Waals surface area contributed by atoms with E-state index in [0.717, 1.165) is 28.1 Å². The van der Waals surface area contributed by atoms with Gasteiger partial charge in [-0.15, -0.1) is 21.5 Å². The van der Waals surface area contributed by atoms with Crippen LogP contribution in [0.15, 0.2) is 59.1 Å². The molecular weight excluding hydrogens is 454 g/mol. The number of ether oxygens (including phenoxy) is 1. The number of carbonyl (C=O) groups excluding carboxylic acids is 1. The van der Waals surface area contributed by atoms with Gasteiger partial charge < -0.3 is 14.6 Å². The highest BCUT2D eigenvalue weighted by Crippen LogP contribution is 2.27. The molecule has 0 aliphatic heterocycles. The number of aromatic nitrogens is 4. The number of carbonyl (C=O) groups is 1. The maximum atomic E-state index is 12.4. The Kier molecular flexibility index (Phi) is 7.10. The molecule has 1 unspecified atom stereocenters. The predicted octanol–water partition coefficient (Wildman–Crippen LogP) is 5.43. The quantitative estimate of drug-likeness (QED) is 0.340. The molecule has 0 saturated heterocycles. The van der Waals surface area contributed by atoms with Gasteiger partial charge >= 0.3 is 0 Å². The SMILES string of the molecule is Cc1cc(C)cc(OC(C)c2nnc(SCC(=O)Nc3nc(-c4ccccc4)cs3)n2C)c1. The van der Waals surface area contributed by atoms with Gasteiger partial charge in [0.15, 0.2) is 22.2 Å². The van der Waals surface area contributed by atoms with Gasteiger partial charge in [-0.1, -0.05) is 48.2 Å². The fraction of sp³-hybridized carbons (Fsp3) is 0.250. The van der Waals surface area contributed by atoms with E-state index in [4.69, 9.17) is 4.74 Å². The van der Waals surface area contributed by atoms with Crippen molar-refractivity contribution in [2.75, 3.05) is 11.1 Å². The number of hydrogen-bond acceptors (Lipinski definition) is 7. The minimum Gasteiger partial charge on any atom is -0.483 e. The fourth-order valence-corrected chi connectivity index (χ4v) is 4.88. The normalized spacial score (nSPS) is 11.9. The molecule has 4 rings (SSSR count). The highest BCUT2D eigenvalue weighted by atomic mass is 32.2. The zero-order chi connectivity index (χ0) is 23.4. The van der Waals surface area contributed by atoms with E-state index in [1.54, 1.807) is 0 Å². The third-order valence-corrected chi connectivity index (χ3v) is 6.67. The van der Waals surface area contributed by atoms with E-state index in [0.29, 0.717) is 16.1 Å². The third kappa shape index (κ3) is 5.80. The molecule has 0 saturated carbocycles. The van der Waals surface area contributed by atoms with E-state index < -0.39 is 0 Å². The Bertz CT molecular complexity index is 1230. The van der Waals surface area contributed by atoms with Gasteiger partial charge in [0.05, 0.1) is 11.4 Å². The van der Waals surface area contributed by atoms with Crippen LogP contribution in [0.1, 0.15) is 30.0 Å². The molecule has 7 nitrogen and oxygen atoms in total. The molecule has 1 N–H and O–H groups in total. The number of thioether (sulfide) groups is 1. The molecule has 2 aromatic carbocycles. The molecule has 33 heavy (non-hydrogen) atoms. The number of nitrogens with one attached hydrogen (secondary N) is 1.